The van der Waals surface area contributed by atoms with Gasteiger partial charge in [0.25, 0.3) is 0 Å². The molecule has 0 aliphatic rings. The Balaban J connectivity index is 0.00000324. The predicted molar refractivity (Wildman–Crippen MR) is 82.8 cm³/mol. The molecule has 0 radical (unpaired) electrons. The van der Waals surface area contributed by atoms with Crippen molar-refractivity contribution in [3.8, 4) is 0 Å². The fourth-order valence-electron chi connectivity index (χ4n) is 1.94. The van der Waals surface area contributed by atoms with Crippen molar-refractivity contribution in [2.45, 2.75) is 32.7 Å². The van der Waals surface area contributed by atoms with Gasteiger partial charge in [-0.3, -0.25) is 4.79 Å². The molecule has 0 aliphatic carbocycles. The minimum atomic E-state index is 0. The summed E-state index contributed by atoms with van der Waals surface area (Å²) in [4.78, 5) is 11.9. The van der Waals surface area contributed by atoms with Gasteiger partial charge in [-0.05, 0) is 19.5 Å². The number of halogens is 1. The van der Waals surface area contributed by atoms with E-state index in [1.54, 1.807) is 0 Å². The molecule has 1 aromatic carbocycles. The molecule has 1 rings (SSSR count). The summed E-state index contributed by atoms with van der Waals surface area (Å²) in [6.07, 6.45) is 0. The van der Waals surface area contributed by atoms with E-state index in [-0.39, 0.29) is 30.3 Å². The second-order valence-corrected chi connectivity index (χ2v) is 4.96. The Morgan fingerprint density at radius 3 is 2.26 bits per heavy atom. The van der Waals surface area contributed by atoms with Gasteiger partial charge < -0.3 is 10.6 Å². The third kappa shape index (κ3) is 5.62. The fourth-order valence-corrected chi connectivity index (χ4v) is 1.94. The summed E-state index contributed by atoms with van der Waals surface area (Å²) < 4.78 is 0. The van der Waals surface area contributed by atoms with Crippen LogP contribution in [0.5, 0.6) is 0 Å². The zero-order valence-electron chi connectivity index (χ0n) is 12.1. The lowest BCUT2D eigenvalue weighted by Crippen LogP contribution is -2.41. The number of rotatable bonds is 6. The topological polar surface area (TPSA) is 41.1 Å². The molecule has 108 valence electrons. The van der Waals surface area contributed by atoms with E-state index in [4.69, 9.17) is 0 Å². The van der Waals surface area contributed by atoms with Crippen LogP contribution >= 0.6 is 12.4 Å². The molecular weight excluding hydrogens is 260 g/mol. The second kappa shape index (κ2) is 8.94. The molecule has 1 aromatic rings. The van der Waals surface area contributed by atoms with Gasteiger partial charge in [-0.1, -0.05) is 44.2 Å². The number of amides is 1. The zero-order chi connectivity index (χ0) is 13.5. The minimum absolute atomic E-state index is 0. The van der Waals surface area contributed by atoms with E-state index in [9.17, 15) is 4.79 Å². The molecule has 2 N–H and O–H groups in total. The first-order valence-corrected chi connectivity index (χ1v) is 6.56. The van der Waals surface area contributed by atoms with E-state index < -0.39 is 0 Å². The Morgan fingerprint density at radius 1 is 1.16 bits per heavy atom. The number of nitrogens with one attached hydrogen (secondary N) is 2. The van der Waals surface area contributed by atoms with Crippen molar-refractivity contribution < 1.29 is 4.79 Å². The lowest BCUT2D eigenvalue weighted by Gasteiger charge is -2.23. The van der Waals surface area contributed by atoms with Crippen LogP contribution in [-0.4, -0.2) is 25.5 Å². The maximum Gasteiger partial charge on any atom is 0.224 e. The smallest absolute Gasteiger partial charge is 0.224 e. The lowest BCUT2D eigenvalue weighted by atomic mass is 9.94. The van der Waals surface area contributed by atoms with E-state index in [1.165, 1.54) is 5.56 Å². The number of carbonyl (C=O) groups excluding carboxylic acids is 1. The number of benzene rings is 1. The van der Waals surface area contributed by atoms with Gasteiger partial charge in [-0.15, -0.1) is 12.4 Å². The van der Waals surface area contributed by atoms with Crippen LogP contribution in [0.25, 0.3) is 0 Å². The molecule has 0 heterocycles. The quantitative estimate of drug-likeness (QED) is 0.843. The van der Waals surface area contributed by atoms with Crippen molar-refractivity contribution in [1.29, 1.82) is 0 Å². The Kier molecular flexibility index (Phi) is 8.44. The first-order valence-electron chi connectivity index (χ1n) is 6.56. The highest BCUT2D eigenvalue weighted by Crippen LogP contribution is 2.18. The van der Waals surface area contributed by atoms with Crippen molar-refractivity contribution in [2.75, 3.05) is 13.6 Å². The maximum atomic E-state index is 11.9. The third-order valence-corrected chi connectivity index (χ3v) is 3.40. The molecule has 1 amide bonds. The first kappa shape index (κ1) is 17.9. The molecule has 0 spiro atoms. The van der Waals surface area contributed by atoms with Crippen LogP contribution in [0.1, 0.15) is 32.3 Å². The van der Waals surface area contributed by atoms with Gasteiger partial charge in [0.1, 0.15) is 0 Å². The van der Waals surface area contributed by atoms with E-state index >= 15 is 0 Å². The number of carbonyl (C=O) groups is 1. The summed E-state index contributed by atoms with van der Waals surface area (Å²) in [6, 6.07) is 10.4. The van der Waals surface area contributed by atoms with Crippen molar-refractivity contribution in [2.24, 2.45) is 5.92 Å². The predicted octanol–water partition coefficient (Wildman–Crippen LogP) is 2.57. The van der Waals surface area contributed by atoms with Gasteiger partial charge in [0.05, 0.1) is 0 Å². The summed E-state index contributed by atoms with van der Waals surface area (Å²) in [6.45, 7) is 6.84. The van der Waals surface area contributed by atoms with E-state index in [2.05, 4.69) is 36.6 Å². The third-order valence-electron chi connectivity index (χ3n) is 3.40. The van der Waals surface area contributed by atoms with Crippen LogP contribution in [0.3, 0.4) is 0 Å². The highest BCUT2D eigenvalue weighted by atomic mass is 35.5. The highest BCUT2D eigenvalue weighted by molar-refractivity contribution is 5.85. The van der Waals surface area contributed by atoms with E-state index in [0.29, 0.717) is 12.5 Å². The largest absolute Gasteiger partial charge is 0.353 e. The fraction of sp³-hybridized carbons (Fsp3) is 0.533. The highest BCUT2D eigenvalue weighted by Gasteiger charge is 2.19. The van der Waals surface area contributed by atoms with Crippen molar-refractivity contribution in [1.82, 2.24) is 10.6 Å². The second-order valence-electron chi connectivity index (χ2n) is 4.96. The normalized spacial score (nSPS) is 14.9. The Labute approximate surface area is 122 Å². The average molecular weight is 285 g/mol. The Morgan fingerprint density at radius 2 is 1.74 bits per heavy atom. The van der Waals surface area contributed by atoms with Gasteiger partial charge in [0.15, 0.2) is 0 Å². The maximum absolute atomic E-state index is 11.9. The molecular formula is C15H25ClN2O. The molecule has 0 aromatic heterocycles. The summed E-state index contributed by atoms with van der Waals surface area (Å²) in [7, 11) is 1.86. The standard InChI is InChI=1S/C15H24N2O.ClH/c1-11(10-16-4)15(18)17-13(3)12(2)14-8-6-5-7-9-14;/h5-9,11-13,16H,10H2,1-4H3,(H,17,18);1H. The summed E-state index contributed by atoms with van der Waals surface area (Å²) in [5.41, 5.74) is 1.26. The van der Waals surface area contributed by atoms with Gasteiger partial charge >= 0.3 is 0 Å². The molecule has 19 heavy (non-hydrogen) atoms. The summed E-state index contributed by atoms with van der Waals surface area (Å²) in [5, 5.41) is 6.11. The summed E-state index contributed by atoms with van der Waals surface area (Å²) in [5.74, 6) is 0.428. The van der Waals surface area contributed by atoms with Crippen LogP contribution in [0.15, 0.2) is 30.3 Å². The molecule has 0 saturated carbocycles. The molecule has 3 atom stereocenters. The summed E-state index contributed by atoms with van der Waals surface area (Å²) >= 11 is 0. The van der Waals surface area contributed by atoms with Crippen LogP contribution in [0.2, 0.25) is 0 Å². The van der Waals surface area contributed by atoms with Gasteiger partial charge in [0, 0.05) is 24.4 Å². The molecule has 0 aliphatic heterocycles. The molecule has 3 nitrogen and oxygen atoms in total. The van der Waals surface area contributed by atoms with Gasteiger partial charge in [-0.25, -0.2) is 0 Å². The van der Waals surface area contributed by atoms with Crippen molar-refractivity contribution in [3.05, 3.63) is 35.9 Å². The first-order chi connectivity index (χ1) is 8.56. The van der Waals surface area contributed by atoms with Gasteiger partial charge in [0.2, 0.25) is 5.91 Å². The lowest BCUT2D eigenvalue weighted by molar-refractivity contribution is -0.125. The van der Waals surface area contributed by atoms with Crippen molar-refractivity contribution in [3.63, 3.8) is 0 Å². The molecule has 3 unspecified atom stereocenters. The number of hydrogen-bond donors (Lipinski definition) is 2. The molecule has 0 bridgehead atoms. The van der Waals surface area contributed by atoms with Crippen LogP contribution in [-0.2, 0) is 4.79 Å². The van der Waals surface area contributed by atoms with Crippen molar-refractivity contribution >= 4 is 18.3 Å². The average Bonchev–Trinajstić information content (AvgIpc) is 2.39. The monoisotopic (exact) mass is 284 g/mol. The van der Waals surface area contributed by atoms with Crippen LogP contribution < -0.4 is 10.6 Å². The number of hydrogen-bond acceptors (Lipinski definition) is 2. The van der Waals surface area contributed by atoms with E-state index in [1.807, 2.05) is 32.2 Å². The minimum Gasteiger partial charge on any atom is -0.353 e. The molecule has 0 fully saturated rings. The molecule has 0 saturated heterocycles. The van der Waals surface area contributed by atoms with Crippen LogP contribution in [0.4, 0.5) is 0 Å². The van der Waals surface area contributed by atoms with Crippen LogP contribution in [0, 0.1) is 5.92 Å². The molecule has 4 heteroatoms. The van der Waals surface area contributed by atoms with Gasteiger partial charge in [-0.2, -0.15) is 0 Å². The SMILES string of the molecule is CNCC(C)C(=O)NC(C)C(C)c1ccccc1.Cl. The Hall–Kier alpha value is -1.06. The van der Waals surface area contributed by atoms with E-state index in [0.717, 1.165) is 0 Å². The zero-order valence-corrected chi connectivity index (χ0v) is 13.0. The Bertz CT molecular complexity index is 370.